The quantitative estimate of drug-likeness (QED) is 0.424. The van der Waals surface area contributed by atoms with Crippen molar-refractivity contribution in [1.29, 1.82) is 0 Å². The number of nitrogens with one attached hydrogen (secondary N) is 1. The van der Waals surface area contributed by atoms with Crippen molar-refractivity contribution < 1.29 is 0 Å². The third kappa shape index (κ3) is 15.0. The molecular formula is C13H20N2S. The molecule has 0 fully saturated rings. The molecule has 0 bridgehead atoms. The van der Waals surface area contributed by atoms with Gasteiger partial charge in [-0.15, -0.1) is 11.8 Å². The van der Waals surface area contributed by atoms with Crippen LogP contribution < -0.4 is 5.43 Å². The molecule has 0 saturated heterocycles. The number of allylic oxidation sites excluding steroid dienone is 6. The largest absolute Gasteiger partial charge is 0.284 e. The molecule has 0 amide bonds. The first kappa shape index (κ1) is 16.9. The zero-order valence-corrected chi connectivity index (χ0v) is 10.9. The number of hydrogen-bond acceptors (Lipinski definition) is 3. The Labute approximate surface area is 103 Å². The molecule has 0 aromatic carbocycles. The van der Waals surface area contributed by atoms with Gasteiger partial charge in [-0.3, -0.25) is 5.43 Å². The van der Waals surface area contributed by atoms with E-state index < -0.39 is 0 Å². The second-order valence-electron chi connectivity index (χ2n) is 2.65. The van der Waals surface area contributed by atoms with Gasteiger partial charge in [0.05, 0.1) is 0 Å². The molecule has 0 rings (SSSR count). The average Bonchev–Trinajstić information content (AvgIpc) is 2.20. The fourth-order valence-electron chi connectivity index (χ4n) is 0.675. The molecule has 0 spiro atoms. The molecular weight excluding hydrogens is 216 g/mol. The van der Waals surface area contributed by atoms with Gasteiger partial charge in [0, 0.05) is 12.4 Å². The topological polar surface area (TPSA) is 24.4 Å². The summed E-state index contributed by atoms with van der Waals surface area (Å²) in [6.45, 7) is 17.8. The van der Waals surface area contributed by atoms with Gasteiger partial charge >= 0.3 is 0 Å². The Morgan fingerprint density at radius 3 is 2.06 bits per heavy atom. The van der Waals surface area contributed by atoms with E-state index in [1.807, 2.05) is 26.0 Å². The molecule has 88 valence electrons. The SMILES string of the molecule is C=C/C=C(\C)NN=C.C=C/C=C(\C)SC=C. The van der Waals surface area contributed by atoms with Crippen LogP contribution in [-0.2, 0) is 0 Å². The maximum absolute atomic E-state index is 3.57. The van der Waals surface area contributed by atoms with Gasteiger partial charge in [-0.25, -0.2) is 0 Å². The van der Waals surface area contributed by atoms with Gasteiger partial charge in [0.2, 0.25) is 0 Å². The molecule has 0 aromatic heterocycles. The average molecular weight is 236 g/mol. The number of hydrogen-bond donors (Lipinski definition) is 1. The molecule has 0 radical (unpaired) electrons. The highest BCUT2D eigenvalue weighted by atomic mass is 32.2. The molecule has 1 N–H and O–H groups in total. The summed E-state index contributed by atoms with van der Waals surface area (Å²) in [4.78, 5) is 1.22. The van der Waals surface area contributed by atoms with Crippen LogP contribution >= 0.6 is 11.8 Å². The molecule has 16 heavy (non-hydrogen) atoms. The van der Waals surface area contributed by atoms with Crippen LogP contribution in [0.25, 0.3) is 0 Å². The maximum atomic E-state index is 3.57. The second-order valence-corrected chi connectivity index (χ2v) is 3.87. The summed E-state index contributed by atoms with van der Waals surface area (Å²) in [5.41, 5.74) is 3.59. The summed E-state index contributed by atoms with van der Waals surface area (Å²) in [6.07, 6.45) is 7.22. The van der Waals surface area contributed by atoms with Crippen molar-refractivity contribution in [2.45, 2.75) is 13.8 Å². The van der Waals surface area contributed by atoms with Crippen LogP contribution in [0.2, 0.25) is 0 Å². The lowest BCUT2D eigenvalue weighted by molar-refractivity contribution is 0.898. The molecule has 0 aliphatic rings. The normalized spacial score (nSPS) is 10.6. The smallest absolute Gasteiger partial charge is 0.0304 e. The zero-order valence-electron chi connectivity index (χ0n) is 10.1. The number of thioether (sulfide) groups is 1. The minimum Gasteiger partial charge on any atom is -0.284 e. The van der Waals surface area contributed by atoms with Gasteiger partial charge in [0.15, 0.2) is 0 Å². The van der Waals surface area contributed by atoms with Crippen molar-refractivity contribution in [3.05, 3.63) is 60.1 Å². The second kappa shape index (κ2) is 13.5. The van der Waals surface area contributed by atoms with Gasteiger partial charge in [-0.1, -0.05) is 38.0 Å². The van der Waals surface area contributed by atoms with E-state index in [4.69, 9.17) is 0 Å². The standard InChI is InChI=1S/C7H10S.C6H10N2/c1-4-6-7(3)8-5-2;1-4-5-6(2)8-7-3/h4-6H,1-2H2,3H3;4-5,8H,1,3H2,2H3/b7-6+;6-5+. The van der Waals surface area contributed by atoms with Crippen LogP contribution in [0.1, 0.15) is 13.8 Å². The molecule has 0 saturated carbocycles. The Morgan fingerprint density at radius 1 is 1.12 bits per heavy atom. The van der Waals surface area contributed by atoms with Crippen LogP contribution in [0.3, 0.4) is 0 Å². The molecule has 0 aliphatic carbocycles. The molecule has 0 aromatic rings. The molecule has 0 atom stereocenters. The Bertz CT molecular complexity index is 258. The van der Waals surface area contributed by atoms with E-state index in [1.54, 1.807) is 29.3 Å². The van der Waals surface area contributed by atoms with E-state index >= 15 is 0 Å². The molecule has 2 nitrogen and oxygen atoms in total. The van der Waals surface area contributed by atoms with Crippen molar-refractivity contribution in [2.24, 2.45) is 5.10 Å². The van der Waals surface area contributed by atoms with Crippen molar-refractivity contribution in [3.8, 4) is 0 Å². The van der Waals surface area contributed by atoms with Gasteiger partial charge in [0.1, 0.15) is 0 Å². The highest BCUT2D eigenvalue weighted by Gasteiger charge is 1.78. The number of hydrazone groups is 1. The van der Waals surface area contributed by atoms with Crippen LogP contribution in [0.15, 0.2) is 65.2 Å². The first-order valence-corrected chi connectivity index (χ1v) is 5.58. The first-order valence-electron chi connectivity index (χ1n) is 4.70. The molecule has 0 aliphatic heterocycles. The van der Waals surface area contributed by atoms with E-state index in [0.717, 1.165) is 5.70 Å². The summed E-state index contributed by atoms with van der Waals surface area (Å²) in [7, 11) is 0. The highest BCUT2D eigenvalue weighted by Crippen LogP contribution is 2.13. The van der Waals surface area contributed by atoms with E-state index in [-0.39, 0.29) is 0 Å². The van der Waals surface area contributed by atoms with E-state index in [9.17, 15) is 0 Å². The molecule has 0 unspecified atom stereocenters. The number of nitrogens with zero attached hydrogens (tertiary/aromatic N) is 1. The van der Waals surface area contributed by atoms with Crippen molar-refractivity contribution in [1.82, 2.24) is 5.43 Å². The molecule has 3 heteroatoms. The fourth-order valence-corrected chi connectivity index (χ4v) is 1.11. The monoisotopic (exact) mass is 236 g/mol. The first-order chi connectivity index (χ1) is 7.62. The highest BCUT2D eigenvalue weighted by molar-refractivity contribution is 8.05. The summed E-state index contributed by atoms with van der Waals surface area (Å²) < 4.78 is 0. The molecule has 0 heterocycles. The van der Waals surface area contributed by atoms with Gasteiger partial charge in [-0.2, -0.15) is 5.10 Å². The van der Waals surface area contributed by atoms with Crippen LogP contribution in [-0.4, -0.2) is 6.72 Å². The van der Waals surface area contributed by atoms with Crippen molar-refractivity contribution in [2.75, 3.05) is 0 Å². The lowest BCUT2D eigenvalue weighted by Gasteiger charge is -1.93. The van der Waals surface area contributed by atoms with Gasteiger partial charge < -0.3 is 0 Å². The fraction of sp³-hybridized carbons (Fsp3) is 0.154. The Balaban J connectivity index is 0. The Morgan fingerprint density at radius 2 is 1.69 bits per heavy atom. The minimum absolute atomic E-state index is 0.940. The summed E-state index contributed by atoms with van der Waals surface area (Å²) in [5.74, 6) is 0. The maximum Gasteiger partial charge on any atom is 0.0304 e. The lowest BCUT2D eigenvalue weighted by Crippen LogP contribution is -1.98. The summed E-state index contributed by atoms with van der Waals surface area (Å²) >= 11 is 1.61. The van der Waals surface area contributed by atoms with E-state index in [0.29, 0.717) is 0 Å². The summed E-state index contributed by atoms with van der Waals surface area (Å²) in [6, 6.07) is 0. The predicted octanol–water partition coefficient (Wildman–Crippen LogP) is 4.23. The van der Waals surface area contributed by atoms with Gasteiger partial charge in [0.25, 0.3) is 0 Å². The third-order valence-electron chi connectivity index (χ3n) is 1.25. The van der Waals surface area contributed by atoms with Crippen LogP contribution in [0, 0.1) is 0 Å². The Hall–Kier alpha value is -1.48. The van der Waals surface area contributed by atoms with E-state index in [2.05, 4.69) is 37.0 Å². The van der Waals surface area contributed by atoms with Crippen LogP contribution in [0.5, 0.6) is 0 Å². The van der Waals surface area contributed by atoms with Crippen LogP contribution in [0.4, 0.5) is 0 Å². The number of rotatable bonds is 6. The van der Waals surface area contributed by atoms with E-state index in [1.165, 1.54) is 4.91 Å². The third-order valence-corrected chi connectivity index (χ3v) is 1.92. The van der Waals surface area contributed by atoms with Gasteiger partial charge in [-0.05, 0) is 30.2 Å². The Kier molecular flexibility index (Phi) is 14.3. The van der Waals surface area contributed by atoms with Crippen molar-refractivity contribution in [3.63, 3.8) is 0 Å². The summed E-state index contributed by atoms with van der Waals surface area (Å²) in [5, 5.41) is 5.24. The lowest BCUT2D eigenvalue weighted by atomic mass is 10.4. The van der Waals surface area contributed by atoms with Crippen molar-refractivity contribution >= 4 is 18.5 Å². The zero-order chi connectivity index (χ0) is 12.8. The minimum atomic E-state index is 0.940. The predicted molar refractivity (Wildman–Crippen MR) is 78.4 cm³/mol.